The Hall–Kier alpha value is -1.19. The van der Waals surface area contributed by atoms with Crippen LogP contribution >= 0.6 is 0 Å². The van der Waals surface area contributed by atoms with Crippen molar-refractivity contribution in [3.8, 4) is 0 Å². The van der Waals surface area contributed by atoms with Gasteiger partial charge in [-0.15, -0.1) is 0 Å². The monoisotopic (exact) mass is 283 g/mol. The molecule has 1 aliphatic heterocycles. The molecule has 1 saturated carbocycles. The topological polar surface area (TPSA) is 12.0 Å². The maximum Gasteiger partial charge on any atom is 0.418 e. The largest absolute Gasteiger partial charge is 0.418 e. The number of alkyl halides is 3. The molecule has 1 N–H and O–H groups in total. The van der Waals surface area contributed by atoms with Crippen molar-refractivity contribution in [1.29, 1.82) is 0 Å². The average molecular weight is 283 g/mol. The maximum atomic E-state index is 13.0. The smallest absolute Gasteiger partial charge is 0.384 e. The molecule has 4 heteroatoms. The van der Waals surface area contributed by atoms with E-state index < -0.39 is 11.7 Å². The number of hydrogen-bond donors (Lipinski definition) is 1. The summed E-state index contributed by atoms with van der Waals surface area (Å²) in [5.74, 6) is 1.47. The molecule has 1 aliphatic carbocycles. The third-order valence-electron chi connectivity index (χ3n) is 4.85. The number of anilines is 1. The van der Waals surface area contributed by atoms with Gasteiger partial charge in [-0.1, -0.05) is 31.9 Å². The zero-order valence-electron chi connectivity index (χ0n) is 11.6. The summed E-state index contributed by atoms with van der Waals surface area (Å²) in [5.41, 5.74) is 0.684. The highest BCUT2D eigenvalue weighted by Crippen LogP contribution is 2.47. The van der Waals surface area contributed by atoms with Crippen molar-refractivity contribution in [2.24, 2.45) is 11.8 Å². The molecule has 1 aromatic rings. The molecular formula is C16H20F3N. The van der Waals surface area contributed by atoms with Crippen molar-refractivity contribution in [2.45, 2.75) is 44.7 Å². The van der Waals surface area contributed by atoms with Gasteiger partial charge in [0, 0.05) is 18.2 Å². The summed E-state index contributed by atoms with van der Waals surface area (Å²) >= 11 is 0. The minimum atomic E-state index is -4.27. The maximum absolute atomic E-state index is 13.0. The number of benzene rings is 1. The average Bonchev–Trinajstić information content (AvgIpc) is 2.81. The van der Waals surface area contributed by atoms with Crippen LogP contribution in [0.25, 0.3) is 0 Å². The Bertz CT molecular complexity index is 495. The fourth-order valence-electron chi connectivity index (χ4n) is 3.90. The van der Waals surface area contributed by atoms with Gasteiger partial charge in [-0.05, 0) is 36.3 Å². The molecule has 3 unspecified atom stereocenters. The van der Waals surface area contributed by atoms with Gasteiger partial charge in [-0.2, -0.15) is 13.2 Å². The van der Waals surface area contributed by atoms with Crippen LogP contribution in [0.4, 0.5) is 18.9 Å². The standard InChI is InChI=1S/C16H20F3N/c1-10-4-2-5-11(8-10)13-9-20-15-12(13)6-3-7-14(15)16(17,18)19/h3,6-7,10-11,13,20H,2,4-5,8-9H2,1H3. The van der Waals surface area contributed by atoms with E-state index in [1.165, 1.54) is 18.9 Å². The minimum absolute atomic E-state index is 0.245. The van der Waals surface area contributed by atoms with Crippen molar-refractivity contribution in [3.05, 3.63) is 29.3 Å². The number of hydrogen-bond acceptors (Lipinski definition) is 1. The van der Waals surface area contributed by atoms with E-state index in [9.17, 15) is 13.2 Å². The Balaban J connectivity index is 1.91. The first kappa shape index (κ1) is 13.8. The van der Waals surface area contributed by atoms with Crippen LogP contribution in [0.3, 0.4) is 0 Å². The van der Waals surface area contributed by atoms with Gasteiger partial charge in [0.05, 0.1) is 5.56 Å². The molecular weight excluding hydrogens is 263 g/mol. The van der Waals surface area contributed by atoms with Gasteiger partial charge in [0.25, 0.3) is 0 Å². The Morgan fingerprint density at radius 1 is 1.20 bits per heavy atom. The van der Waals surface area contributed by atoms with Gasteiger partial charge in [0.2, 0.25) is 0 Å². The van der Waals surface area contributed by atoms with Crippen LogP contribution in [0.1, 0.15) is 49.7 Å². The molecule has 0 saturated heterocycles. The molecule has 3 rings (SSSR count). The lowest BCUT2D eigenvalue weighted by Crippen LogP contribution is -2.21. The van der Waals surface area contributed by atoms with Gasteiger partial charge >= 0.3 is 6.18 Å². The summed E-state index contributed by atoms with van der Waals surface area (Å²) < 4.78 is 39.1. The second kappa shape index (κ2) is 4.97. The zero-order valence-corrected chi connectivity index (χ0v) is 11.6. The highest BCUT2D eigenvalue weighted by atomic mass is 19.4. The van der Waals surface area contributed by atoms with Crippen molar-refractivity contribution in [3.63, 3.8) is 0 Å². The second-order valence-corrected chi connectivity index (χ2v) is 6.29. The van der Waals surface area contributed by atoms with Crippen LogP contribution in [0.15, 0.2) is 18.2 Å². The third kappa shape index (κ3) is 2.40. The quantitative estimate of drug-likeness (QED) is 0.761. The molecule has 1 heterocycles. The van der Waals surface area contributed by atoms with E-state index in [0.29, 0.717) is 24.1 Å². The molecule has 0 radical (unpaired) electrons. The predicted molar refractivity (Wildman–Crippen MR) is 73.8 cm³/mol. The Kier molecular flexibility index (Phi) is 3.43. The predicted octanol–water partition coefficient (Wildman–Crippen LogP) is 5.04. The molecule has 110 valence electrons. The van der Waals surface area contributed by atoms with Gasteiger partial charge in [-0.3, -0.25) is 0 Å². The van der Waals surface area contributed by atoms with Crippen LogP contribution in [0.5, 0.6) is 0 Å². The summed E-state index contributed by atoms with van der Waals surface area (Å²) in [7, 11) is 0. The van der Waals surface area contributed by atoms with Crippen LogP contribution in [-0.2, 0) is 6.18 Å². The lowest BCUT2D eigenvalue weighted by molar-refractivity contribution is -0.136. The normalized spacial score (nSPS) is 29.9. The summed E-state index contributed by atoms with van der Waals surface area (Å²) in [4.78, 5) is 0. The first-order chi connectivity index (χ1) is 9.47. The van der Waals surface area contributed by atoms with Crippen molar-refractivity contribution in [1.82, 2.24) is 0 Å². The van der Waals surface area contributed by atoms with Crippen molar-refractivity contribution in [2.75, 3.05) is 11.9 Å². The summed E-state index contributed by atoms with van der Waals surface area (Å²) in [6.45, 7) is 2.90. The van der Waals surface area contributed by atoms with Gasteiger partial charge in [0.15, 0.2) is 0 Å². The van der Waals surface area contributed by atoms with Gasteiger partial charge in [-0.25, -0.2) is 0 Å². The van der Waals surface area contributed by atoms with Crippen LogP contribution in [0, 0.1) is 11.8 Å². The molecule has 1 nitrogen and oxygen atoms in total. The Labute approximate surface area is 117 Å². The van der Waals surface area contributed by atoms with E-state index in [1.807, 2.05) is 6.07 Å². The van der Waals surface area contributed by atoms with Gasteiger partial charge in [0.1, 0.15) is 0 Å². The molecule has 3 atom stereocenters. The minimum Gasteiger partial charge on any atom is -0.384 e. The number of fused-ring (bicyclic) bond motifs is 1. The fraction of sp³-hybridized carbons (Fsp3) is 0.625. The number of rotatable bonds is 1. The highest BCUT2D eigenvalue weighted by molar-refractivity contribution is 5.64. The SMILES string of the molecule is CC1CCCC(C2CNc3c2cccc3C(F)(F)F)C1. The number of para-hydroxylation sites is 1. The van der Waals surface area contributed by atoms with Gasteiger partial charge < -0.3 is 5.32 Å². The second-order valence-electron chi connectivity index (χ2n) is 6.29. The van der Waals surface area contributed by atoms with E-state index in [2.05, 4.69) is 12.2 Å². The molecule has 0 amide bonds. The summed E-state index contributed by atoms with van der Waals surface area (Å²) in [6.07, 6.45) is 0.476. The van der Waals surface area contributed by atoms with E-state index in [0.717, 1.165) is 18.4 Å². The molecule has 2 aliphatic rings. The van der Waals surface area contributed by atoms with E-state index in [-0.39, 0.29) is 5.92 Å². The van der Waals surface area contributed by atoms with Crippen molar-refractivity contribution >= 4 is 5.69 Å². The molecule has 0 bridgehead atoms. The molecule has 1 aromatic carbocycles. The fourth-order valence-corrected chi connectivity index (χ4v) is 3.90. The van der Waals surface area contributed by atoms with Crippen LogP contribution in [0.2, 0.25) is 0 Å². The lowest BCUT2D eigenvalue weighted by Gasteiger charge is -2.31. The Morgan fingerprint density at radius 2 is 2.00 bits per heavy atom. The molecule has 0 spiro atoms. The zero-order chi connectivity index (χ0) is 14.3. The van der Waals surface area contributed by atoms with E-state index in [1.54, 1.807) is 6.07 Å². The van der Waals surface area contributed by atoms with E-state index >= 15 is 0 Å². The summed E-state index contributed by atoms with van der Waals surface area (Å²) in [6, 6.07) is 4.60. The molecule has 1 fully saturated rings. The first-order valence-electron chi connectivity index (χ1n) is 7.41. The molecule has 20 heavy (non-hydrogen) atoms. The Morgan fingerprint density at radius 3 is 2.70 bits per heavy atom. The lowest BCUT2D eigenvalue weighted by atomic mass is 9.74. The third-order valence-corrected chi connectivity index (χ3v) is 4.85. The van der Waals surface area contributed by atoms with Crippen LogP contribution in [-0.4, -0.2) is 6.54 Å². The van der Waals surface area contributed by atoms with Crippen LogP contribution < -0.4 is 5.32 Å². The summed E-state index contributed by atoms with van der Waals surface area (Å²) in [5, 5.41) is 3.02. The van der Waals surface area contributed by atoms with Crippen molar-refractivity contribution < 1.29 is 13.2 Å². The first-order valence-corrected chi connectivity index (χ1v) is 7.41. The molecule has 0 aromatic heterocycles. The highest BCUT2D eigenvalue weighted by Gasteiger charge is 2.39. The van der Waals surface area contributed by atoms with E-state index in [4.69, 9.17) is 0 Å². The number of halogens is 3. The number of nitrogens with one attached hydrogen (secondary N) is 1.